The minimum atomic E-state index is -0.861. The largest absolute Gasteiger partial charge is 0.481 e. The van der Waals surface area contributed by atoms with Crippen LogP contribution >= 0.6 is 0 Å². The van der Waals surface area contributed by atoms with Crippen molar-refractivity contribution in [1.29, 1.82) is 0 Å². The van der Waals surface area contributed by atoms with E-state index in [1.165, 1.54) is 4.57 Å². The summed E-state index contributed by atoms with van der Waals surface area (Å²) in [6, 6.07) is 5.02. The van der Waals surface area contributed by atoms with E-state index in [0.717, 1.165) is 0 Å². The molecule has 2 aromatic rings. The maximum Gasteiger partial charge on any atom is 0.419 e. The molecule has 0 aliphatic heterocycles. The maximum atomic E-state index is 11.3. The Morgan fingerprint density at radius 3 is 2.82 bits per heavy atom. The Morgan fingerprint density at radius 1 is 1.53 bits per heavy atom. The van der Waals surface area contributed by atoms with Gasteiger partial charge in [0.05, 0.1) is 11.4 Å². The highest BCUT2D eigenvalue weighted by molar-refractivity contribution is 5.80. The summed E-state index contributed by atoms with van der Waals surface area (Å²) < 4.78 is 6.36. The third-order valence-electron chi connectivity index (χ3n) is 2.92. The van der Waals surface area contributed by atoms with Crippen LogP contribution in [0.5, 0.6) is 0 Å². The molecule has 1 N–H and O–H groups in total. The summed E-state index contributed by atoms with van der Waals surface area (Å²) in [6.45, 7) is 1.82. The predicted octanol–water partition coefficient (Wildman–Crippen LogP) is 1.71. The van der Waals surface area contributed by atoms with Crippen molar-refractivity contribution in [3.05, 3.63) is 34.3 Å². The summed E-state index contributed by atoms with van der Waals surface area (Å²) in [5, 5.41) is 9.08. The van der Waals surface area contributed by atoms with Gasteiger partial charge in [0.2, 0.25) is 0 Å². The summed E-state index contributed by atoms with van der Waals surface area (Å²) >= 11 is 0. The molecular formula is C12H13NO4. The highest BCUT2D eigenvalue weighted by atomic mass is 16.4. The van der Waals surface area contributed by atoms with Gasteiger partial charge in [0.15, 0.2) is 5.58 Å². The molecule has 0 radical (unpaired) electrons. The lowest BCUT2D eigenvalue weighted by Crippen LogP contribution is -2.11. The number of oxazole rings is 1. The molecule has 0 saturated carbocycles. The van der Waals surface area contributed by atoms with Crippen LogP contribution in [-0.2, 0) is 11.8 Å². The van der Waals surface area contributed by atoms with Gasteiger partial charge in [-0.3, -0.25) is 9.36 Å². The molecule has 1 unspecified atom stereocenters. The molecule has 0 saturated heterocycles. The molecule has 1 aromatic carbocycles. The van der Waals surface area contributed by atoms with Crippen molar-refractivity contribution in [2.45, 2.75) is 19.3 Å². The predicted molar refractivity (Wildman–Crippen MR) is 62.1 cm³/mol. The van der Waals surface area contributed by atoms with Gasteiger partial charge in [0.1, 0.15) is 0 Å². The fourth-order valence-corrected chi connectivity index (χ4v) is 1.91. The molecule has 0 aliphatic rings. The summed E-state index contributed by atoms with van der Waals surface area (Å²) in [5.74, 6) is -1.86. The van der Waals surface area contributed by atoms with Crippen LogP contribution in [0.4, 0.5) is 0 Å². The average molecular weight is 235 g/mol. The second-order valence-corrected chi connectivity index (χ2v) is 3.95. The fourth-order valence-electron chi connectivity index (χ4n) is 1.91. The number of nitrogens with zero attached hydrogens (tertiary/aromatic N) is 1. The number of hydrogen-bond acceptors (Lipinski definition) is 3. The first-order valence-electron chi connectivity index (χ1n) is 5.37. The van der Waals surface area contributed by atoms with E-state index >= 15 is 0 Å². The topological polar surface area (TPSA) is 72.4 Å². The molecule has 2 rings (SSSR count). The van der Waals surface area contributed by atoms with Gasteiger partial charge >= 0.3 is 11.7 Å². The molecule has 0 aliphatic carbocycles. The zero-order chi connectivity index (χ0) is 12.6. The van der Waals surface area contributed by atoms with Crippen molar-refractivity contribution in [2.75, 3.05) is 0 Å². The van der Waals surface area contributed by atoms with E-state index in [1.807, 2.05) is 6.92 Å². The molecule has 1 heterocycles. The molecule has 0 spiro atoms. The fraction of sp³-hybridized carbons (Fsp3) is 0.333. The molecule has 0 bridgehead atoms. The summed E-state index contributed by atoms with van der Waals surface area (Å²) in [4.78, 5) is 22.4. The Kier molecular flexibility index (Phi) is 2.75. The SMILES string of the molecule is CCC(C(=O)O)c1ccc2oc(=O)n(C)c2c1. The summed E-state index contributed by atoms with van der Waals surface area (Å²) in [6.07, 6.45) is 0.507. The number of carbonyl (C=O) groups is 1. The van der Waals surface area contributed by atoms with E-state index in [-0.39, 0.29) is 0 Å². The van der Waals surface area contributed by atoms with Gasteiger partial charge in [-0.25, -0.2) is 4.79 Å². The van der Waals surface area contributed by atoms with Crippen LogP contribution in [-0.4, -0.2) is 15.6 Å². The van der Waals surface area contributed by atoms with Crippen LogP contribution in [0.3, 0.4) is 0 Å². The lowest BCUT2D eigenvalue weighted by atomic mass is 9.96. The maximum absolute atomic E-state index is 11.3. The second kappa shape index (κ2) is 4.08. The molecule has 5 heteroatoms. The average Bonchev–Trinajstić information content (AvgIpc) is 2.56. The van der Waals surface area contributed by atoms with Crippen molar-refractivity contribution in [2.24, 2.45) is 7.05 Å². The van der Waals surface area contributed by atoms with E-state index in [9.17, 15) is 9.59 Å². The third kappa shape index (κ3) is 1.84. The molecular weight excluding hydrogens is 222 g/mol. The summed E-state index contributed by atoms with van der Waals surface area (Å²) in [5.41, 5.74) is 1.78. The van der Waals surface area contributed by atoms with E-state index in [2.05, 4.69) is 0 Å². The van der Waals surface area contributed by atoms with E-state index in [0.29, 0.717) is 23.1 Å². The van der Waals surface area contributed by atoms with E-state index in [1.54, 1.807) is 25.2 Å². The number of benzene rings is 1. The normalized spacial score (nSPS) is 12.8. The Balaban J connectivity index is 2.61. The number of carboxylic acids is 1. The first-order chi connectivity index (χ1) is 8.04. The zero-order valence-electron chi connectivity index (χ0n) is 9.64. The molecule has 5 nitrogen and oxygen atoms in total. The van der Waals surface area contributed by atoms with Crippen molar-refractivity contribution >= 4 is 17.1 Å². The Bertz CT molecular complexity index is 623. The number of aryl methyl sites for hydroxylation is 1. The van der Waals surface area contributed by atoms with Crippen molar-refractivity contribution in [3.63, 3.8) is 0 Å². The standard InChI is InChI=1S/C12H13NO4/c1-3-8(11(14)15)7-4-5-10-9(6-7)13(2)12(16)17-10/h4-6,8H,3H2,1-2H3,(H,14,15). The smallest absolute Gasteiger partial charge is 0.419 e. The first kappa shape index (κ1) is 11.4. The first-order valence-corrected chi connectivity index (χ1v) is 5.37. The third-order valence-corrected chi connectivity index (χ3v) is 2.92. The number of carboxylic acid groups (broad SMARTS) is 1. The van der Waals surface area contributed by atoms with Crippen LogP contribution in [0.25, 0.3) is 11.1 Å². The van der Waals surface area contributed by atoms with Gasteiger partial charge in [-0.1, -0.05) is 13.0 Å². The quantitative estimate of drug-likeness (QED) is 0.878. The van der Waals surface area contributed by atoms with Crippen LogP contribution in [0.15, 0.2) is 27.4 Å². The van der Waals surface area contributed by atoms with Gasteiger partial charge in [0.25, 0.3) is 0 Å². The number of rotatable bonds is 3. The van der Waals surface area contributed by atoms with E-state index < -0.39 is 17.6 Å². The van der Waals surface area contributed by atoms with Gasteiger partial charge in [-0.05, 0) is 24.1 Å². The molecule has 0 fully saturated rings. The Hall–Kier alpha value is -2.04. The van der Waals surface area contributed by atoms with Gasteiger partial charge in [0, 0.05) is 7.05 Å². The Morgan fingerprint density at radius 2 is 2.24 bits per heavy atom. The lowest BCUT2D eigenvalue weighted by Gasteiger charge is -2.09. The second-order valence-electron chi connectivity index (χ2n) is 3.95. The van der Waals surface area contributed by atoms with Crippen LogP contribution in [0.2, 0.25) is 0 Å². The highest BCUT2D eigenvalue weighted by Gasteiger charge is 2.18. The van der Waals surface area contributed by atoms with Crippen LogP contribution < -0.4 is 5.76 Å². The lowest BCUT2D eigenvalue weighted by molar-refractivity contribution is -0.138. The molecule has 1 aromatic heterocycles. The zero-order valence-corrected chi connectivity index (χ0v) is 9.64. The number of hydrogen-bond donors (Lipinski definition) is 1. The van der Waals surface area contributed by atoms with E-state index in [4.69, 9.17) is 9.52 Å². The van der Waals surface area contributed by atoms with Crippen LogP contribution in [0.1, 0.15) is 24.8 Å². The minimum Gasteiger partial charge on any atom is -0.481 e. The molecule has 0 amide bonds. The highest BCUT2D eigenvalue weighted by Crippen LogP contribution is 2.23. The van der Waals surface area contributed by atoms with Gasteiger partial charge < -0.3 is 9.52 Å². The molecule has 1 atom stereocenters. The van der Waals surface area contributed by atoms with Gasteiger partial charge in [-0.2, -0.15) is 0 Å². The van der Waals surface area contributed by atoms with Gasteiger partial charge in [-0.15, -0.1) is 0 Å². The monoisotopic (exact) mass is 235 g/mol. The number of aromatic nitrogens is 1. The Labute approximate surface area is 97.3 Å². The molecule has 90 valence electrons. The van der Waals surface area contributed by atoms with Crippen molar-refractivity contribution in [3.8, 4) is 0 Å². The van der Waals surface area contributed by atoms with Crippen molar-refractivity contribution in [1.82, 2.24) is 4.57 Å². The number of fused-ring (bicyclic) bond motifs is 1. The summed E-state index contributed by atoms with van der Waals surface area (Å²) in [7, 11) is 1.60. The van der Waals surface area contributed by atoms with Crippen molar-refractivity contribution < 1.29 is 14.3 Å². The van der Waals surface area contributed by atoms with Crippen LogP contribution in [0, 0.1) is 0 Å². The number of aliphatic carboxylic acids is 1. The minimum absolute atomic E-state index is 0.444. The molecule has 17 heavy (non-hydrogen) atoms.